The monoisotopic (exact) mass is 354 g/mol. The van der Waals surface area contributed by atoms with E-state index in [9.17, 15) is 4.39 Å². The number of hydrogen-bond donors (Lipinski definition) is 0. The predicted molar refractivity (Wildman–Crippen MR) is 70.2 cm³/mol. The van der Waals surface area contributed by atoms with Crippen LogP contribution >= 0.6 is 50.7 Å². The van der Waals surface area contributed by atoms with Crippen LogP contribution < -0.4 is 0 Å². The summed E-state index contributed by atoms with van der Waals surface area (Å²) in [6.45, 7) is 0. The molecule has 0 atom stereocenters. The highest BCUT2D eigenvalue weighted by atomic mass is 79.9. The number of halogens is 5. The van der Waals surface area contributed by atoms with Crippen molar-refractivity contribution in [3.8, 4) is 11.4 Å². The summed E-state index contributed by atoms with van der Waals surface area (Å²) in [5.74, 6) is -0.594. The fourth-order valence-corrected chi connectivity index (χ4v) is 2.04. The van der Waals surface area contributed by atoms with Crippen LogP contribution in [-0.4, -0.2) is 9.97 Å². The first-order chi connectivity index (χ1) is 7.99. The molecule has 0 amide bonds. The van der Waals surface area contributed by atoms with Crippen molar-refractivity contribution in [1.29, 1.82) is 0 Å². The molecule has 17 heavy (non-hydrogen) atoms. The maximum Gasteiger partial charge on any atom is 0.197 e. The Balaban J connectivity index is 2.57. The van der Waals surface area contributed by atoms with E-state index < -0.39 is 5.82 Å². The summed E-state index contributed by atoms with van der Waals surface area (Å²) in [6.07, 6.45) is 0. The van der Waals surface area contributed by atoms with Crippen molar-refractivity contribution in [2.75, 3.05) is 0 Å². The zero-order chi connectivity index (χ0) is 12.6. The summed E-state index contributed by atoms with van der Waals surface area (Å²) in [5, 5.41) is -0.0785. The third-order valence-electron chi connectivity index (χ3n) is 1.95. The second-order valence-corrected chi connectivity index (χ2v) is 5.05. The zero-order valence-electron chi connectivity index (χ0n) is 8.02. The topological polar surface area (TPSA) is 25.8 Å². The summed E-state index contributed by atoms with van der Waals surface area (Å²) in [4.78, 5) is 7.61. The van der Waals surface area contributed by atoms with Crippen molar-refractivity contribution in [1.82, 2.24) is 9.97 Å². The van der Waals surface area contributed by atoms with Crippen molar-refractivity contribution in [2.24, 2.45) is 0 Å². The van der Waals surface area contributed by atoms with Crippen LogP contribution in [0, 0.1) is 5.82 Å². The largest absolute Gasteiger partial charge is 0.213 e. The molecule has 1 heterocycles. The lowest BCUT2D eigenvalue weighted by Crippen LogP contribution is -1.94. The molecule has 0 aliphatic heterocycles. The van der Waals surface area contributed by atoms with E-state index in [1.807, 2.05) is 0 Å². The fourth-order valence-electron chi connectivity index (χ4n) is 1.16. The molecule has 0 aliphatic carbocycles. The lowest BCUT2D eigenvalue weighted by atomic mass is 10.2. The van der Waals surface area contributed by atoms with E-state index in [-0.39, 0.29) is 16.1 Å². The van der Waals surface area contributed by atoms with Crippen molar-refractivity contribution in [3.05, 3.63) is 43.8 Å². The third kappa shape index (κ3) is 2.71. The predicted octanol–water partition coefficient (Wildman–Crippen LogP) is 5.01. The minimum atomic E-state index is -0.829. The molecule has 0 bridgehead atoms. The van der Waals surface area contributed by atoms with Gasteiger partial charge >= 0.3 is 0 Å². The zero-order valence-corrected chi connectivity index (χ0v) is 11.9. The van der Waals surface area contributed by atoms with Crippen LogP contribution in [0.1, 0.15) is 0 Å². The molecule has 0 saturated carbocycles. The fraction of sp³-hybridized carbons (Fsp3) is 0. The van der Waals surface area contributed by atoms with E-state index in [0.29, 0.717) is 15.1 Å². The molecule has 0 radical (unpaired) electrons. The number of aromatic nitrogens is 2. The Kier molecular flexibility index (Phi) is 3.88. The molecule has 0 aliphatic rings. The van der Waals surface area contributed by atoms with Crippen LogP contribution in [0.2, 0.25) is 15.3 Å². The smallest absolute Gasteiger partial charge is 0.197 e. The Labute approximate surface area is 120 Å². The molecule has 0 unspecified atom stereocenters. The first-order valence-electron chi connectivity index (χ1n) is 4.33. The standard InChI is InChI=1S/C10H3BrCl3FN2/c11-5-3-4(1-2-6(5)12)10-16-8(13)7(15)9(14)17-10/h1-3H. The van der Waals surface area contributed by atoms with E-state index in [0.717, 1.165) is 0 Å². The summed E-state index contributed by atoms with van der Waals surface area (Å²) < 4.78 is 13.8. The highest BCUT2D eigenvalue weighted by molar-refractivity contribution is 9.10. The van der Waals surface area contributed by atoms with Crippen molar-refractivity contribution < 1.29 is 4.39 Å². The molecule has 2 aromatic rings. The van der Waals surface area contributed by atoms with Gasteiger partial charge in [-0.15, -0.1) is 0 Å². The molecule has 0 fully saturated rings. The minimum absolute atomic E-state index is 0.235. The number of nitrogens with zero attached hydrogens (tertiary/aromatic N) is 2. The Morgan fingerprint density at radius 3 is 2.18 bits per heavy atom. The Morgan fingerprint density at radius 2 is 1.65 bits per heavy atom. The molecule has 0 N–H and O–H groups in total. The molecule has 0 spiro atoms. The van der Waals surface area contributed by atoms with Crippen LogP contribution in [0.5, 0.6) is 0 Å². The van der Waals surface area contributed by atoms with Gasteiger partial charge in [0.1, 0.15) is 0 Å². The van der Waals surface area contributed by atoms with Gasteiger partial charge in [0.2, 0.25) is 0 Å². The molecular weight excluding hydrogens is 353 g/mol. The Morgan fingerprint density at radius 1 is 1.06 bits per heavy atom. The third-order valence-corrected chi connectivity index (χ3v) is 3.66. The van der Waals surface area contributed by atoms with Gasteiger partial charge < -0.3 is 0 Å². The van der Waals surface area contributed by atoms with Gasteiger partial charge in [0.25, 0.3) is 0 Å². The van der Waals surface area contributed by atoms with Crippen LogP contribution in [0.3, 0.4) is 0 Å². The van der Waals surface area contributed by atoms with Crippen LogP contribution in [-0.2, 0) is 0 Å². The quantitative estimate of drug-likeness (QED) is 0.672. The number of benzene rings is 1. The second-order valence-electron chi connectivity index (χ2n) is 3.07. The summed E-state index contributed by atoms with van der Waals surface area (Å²) in [5.41, 5.74) is 0.630. The van der Waals surface area contributed by atoms with E-state index in [2.05, 4.69) is 25.9 Å². The lowest BCUT2D eigenvalue weighted by molar-refractivity contribution is 0.615. The molecule has 2 nitrogen and oxygen atoms in total. The van der Waals surface area contributed by atoms with Gasteiger partial charge in [-0.25, -0.2) is 14.4 Å². The molecule has 2 rings (SSSR count). The average molecular weight is 356 g/mol. The average Bonchev–Trinajstić information content (AvgIpc) is 2.29. The van der Waals surface area contributed by atoms with E-state index >= 15 is 0 Å². The van der Waals surface area contributed by atoms with Crippen molar-refractivity contribution >= 4 is 50.7 Å². The minimum Gasteiger partial charge on any atom is -0.213 e. The van der Waals surface area contributed by atoms with Crippen molar-refractivity contribution in [3.63, 3.8) is 0 Å². The van der Waals surface area contributed by atoms with Crippen molar-refractivity contribution in [2.45, 2.75) is 0 Å². The number of rotatable bonds is 1. The van der Waals surface area contributed by atoms with E-state index in [4.69, 9.17) is 34.8 Å². The maximum absolute atomic E-state index is 13.2. The first kappa shape index (κ1) is 13.0. The van der Waals surface area contributed by atoms with Crippen LogP contribution in [0.25, 0.3) is 11.4 Å². The maximum atomic E-state index is 13.2. The van der Waals surface area contributed by atoms with Gasteiger partial charge in [0.05, 0.1) is 5.02 Å². The van der Waals surface area contributed by atoms with Gasteiger partial charge in [-0.05, 0) is 34.1 Å². The molecule has 88 valence electrons. The molecule has 1 aromatic heterocycles. The second kappa shape index (κ2) is 5.06. The highest BCUT2D eigenvalue weighted by Crippen LogP contribution is 2.29. The van der Waals surface area contributed by atoms with E-state index in [1.165, 1.54) is 0 Å². The molecular formula is C10H3BrCl3FN2. The Bertz CT molecular complexity index is 569. The molecule has 1 aromatic carbocycles. The summed E-state index contributed by atoms with van der Waals surface area (Å²) >= 11 is 20.3. The SMILES string of the molecule is Fc1c(Cl)nc(-c2ccc(Cl)c(Br)c2)nc1Cl. The van der Waals surface area contributed by atoms with Gasteiger partial charge in [-0.3, -0.25) is 0 Å². The van der Waals surface area contributed by atoms with Gasteiger partial charge in [0.15, 0.2) is 21.9 Å². The molecule has 0 saturated heterocycles. The lowest BCUT2D eigenvalue weighted by Gasteiger charge is -2.04. The first-order valence-corrected chi connectivity index (χ1v) is 6.25. The van der Waals surface area contributed by atoms with Crippen LogP contribution in [0.15, 0.2) is 22.7 Å². The summed E-state index contributed by atoms with van der Waals surface area (Å²) in [7, 11) is 0. The van der Waals surface area contributed by atoms with Gasteiger partial charge in [-0.2, -0.15) is 0 Å². The van der Waals surface area contributed by atoms with Crippen LogP contribution in [0.4, 0.5) is 4.39 Å². The Hall–Kier alpha value is -0.420. The van der Waals surface area contributed by atoms with Gasteiger partial charge in [-0.1, -0.05) is 34.8 Å². The van der Waals surface area contributed by atoms with Gasteiger partial charge in [0, 0.05) is 10.0 Å². The number of hydrogen-bond acceptors (Lipinski definition) is 2. The highest BCUT2D eigenvalue weighted by Gasteiger charge is 2.12. The normalized spacial score (nSPS) is 10.6. The summed E-state index contributed by atoms with van der Waals surface area (Å²) in [6, 6.07) is 5.05. The molecule has 7 heteroatoms. The van der Waals surface area contributed by atoms with E-state index in [1.54, 1.807) is 18.2 Å².